The zero-order valence-corrected chi connectivity index (χ0v) is 21.0. The van der Waals surface area contributed by atoms with E-state index in [0.717, 1.165) is 19.3 Å². The van der Waals surface area contributed by atoms with Crippen LogP contribution in [0.4, 0.5) is 0 Å². The zero-order valence-electron chi connectivity index (χ0n) is 20.1. The van der Waals surface area contributed by atoms with Gasteiger partial charge in [-0.2, -0.15) is 0 Å². The van der Waals surface area contributed by atoms with E-state index in [1.807, 2.05) is 0 Å². The van der Waals surface area contributed by atoms with Gasteiger partial charge in [0.05, 0.1) is 13.2 Å². The molecule has 0 aliphatic carbocycles. The van der Waals surface area contributed by atoms with Gasteiger partial charge in [-0.15, -0.1) is 0 Å². The molecule has 0 bridgehead atoms. The molecule has 180 valence electrons. The zero-order chi connectivity index (χ0) is 22.3. The van der Waals surface area contributed by atoms with E-state index < -0.39 is 13.8 Å². The third kappa shape index (κ3) is 19.6. The van der Waals surface area contributed by atoms with Crippen LogP contribution in [0, 0.1) is 0 Å². The maximum Gasteiger partial charge on any atom is 0.532 e. The predicted octanol–water partition coefficient (Wildman–Crippen LogP) is 8.75. The lowest BCUT2D eigenvalue weighted by Gasteiger charge is -2.15. The van der Waals surface area contributed by atoms with Crippen LogP contribution in [0.1, 0.15) is 136 Å². The summed E-state index contributed by atoms with van der Waals surface area (Å²) in [4.78, 5) is 11.8. The molecule has 5 nitrogen and oxygen atoms in total. The Morgan fingerprint density at radius 2 is 0.900 bits per heavy atom. The number of carbonyl (C=O) groups excluding carboxylic acids is 1. The highest BCUT2D eigenvalue weighted by Crippen LogP contribution is 2.49. The molecule has 0 saturated carbocycles. The Kier molecular flexibility index (Phi) is 21.6. The topological polar surface area (TPSA) is 61.8 Å². The van der Waals surface area contributed by atoms with Crippen molar-refractivity contribution in [3.63, 3.8) is 0 Å². The van der Waals surface area contributed by atoms with Crippen molar-refractivity contribution in [1.29, 1.82) is 0 Å². The fraction of sp³-hybridized carbons (Fsp3) is 0.958. The molecule has 0 heterocycles. The minimum Gasteiger partial charge on any atom is -0.370 e. The van der Waals surface area contributed by atoms with Crippen LogP contribution in [-0.2, 0) is 22.9 Å². The van der Waals surface area contributed by atoms with Crippen molar-refractivity contribution >= 4 is 13.8 Å². The molecular weight excluding hydrogens is 399 g/mol. The van der Waals surface area contributed by atoms with Crippen molar-refractivity contribution in [1.82, 2.24) is 0 Å². The first-order chi connectivity index (χ1) is 14.6. The van der Waals surface area contributed by atoms with Gasteiger partial charge in [0.25, 0.3) is 0 Å². The molecule has 0 amide bonds. The highest BCUT2D eigenvalue weighted by Gasteiger charge is 2.29. The molecule has 0 aliphatic rings. The fourth-order valence-corrected chi connectivity index (χ4v) is 4.72. The second kappa shape index (κ2) is 21.8. The third-order valence-corrected chi connectivity index (χ3v) is 6.85. The Balaban J connectivity index is 3.38. The number of carbonyl (C=O) groups is 1. The van der Waals surface area contributed by atoms with Gasteiger partial charge in [-0.05, 0) is 20.3 Å². The van der Waals surface area contributed by atoms with Gasteiger partial charge in [0, 0.05) is 6.42 Å². The second-order valence-electron chi connectivity index (χ2n) is 8.15. The minimum atomic E-state index is -3.72. The average Bonchev–Trinajstić information content (AvgIpc) is 2.70. The van der Waals surface area contributed by atoms with Gasteiger partial charge in [-0.3, -0.25) is 13.8 Å². The Hall–Kier alpha value is -0.380. The number of phosphoric ester groups is 1. The van der Waals surface area contributed by atoms with Gasteiger partial charge in [-0.25, -0.2) is 4.57 Å². The van der Waals surface area contributed by atoms with Gasteiger partial charge < -0.3 is 4.52 Å². The van der Waals surface area contributed by atoms with E-state index >= 15 is 0 Å². The van der Waals surface area contributed by atoms with Crippen LogP contribution in [0.3, 0.4) is 0 Å². The maximum atomic E-state index is 12.1. The first-order valence-corrected chi connectivity index (χ1v) is 14.2. The first kappa shape index (κ1) is 29.6. The molecule has 0 aromatic carbocycles. The van der Waals surface area contributed by atoms with Crippen LogP contribution in [0.5, 0.6) is 0 Å². The summed E-state index contributed by atoms with van der Waals surface area (Å²) in [6.07, 6.45) is 22.4. The smallest absolute Gasteiger partial charge is 0.370 e. The molecule has 0 saturated heterocycles. The molecule has 0 unspecified atom stereocenters. The summed E-state index contributed by atoms with van der Waals surface area (Å²) in [6.45, 7) is 6.02. The monoisotopic (exact) mass is 448 g/mol. The van der Waals surface area contributed by atoms with Crippen molar-refractivity contribution < 1.29 is 22.9 Å². The van der Waals surface area contributed by atoms with Crippen molar-refractivity contribution in [3.8, 4) is 0 Å². The molecule has 0 aliphatic heterocycles. The molecule has 0 atom stereocenters. The van der Waals surface area contributed by atoms with Crippen LogP contribution >= 0.6 is 7.82 Å². The van der Waals surface area contributed by atoms with E-state index in [9.17, 15) is 9.36 Å². The van der Waals surface area contributed by atoms with E-state index in [1.165, 1.54) is 89.9 Å². The molecule has 0 aromatic rings. The van der Waals surface area contributed by atoms with Gasteiger partial charge in [0.15, 0.2) is 0 Å². The van der Waals surface area contributed by atoms with Crippen molar-refractivity contribution in [2.75, 3.05) is 13.2 Å². The summed E-state index contributed by atoms with van der Waals surface area (Å²) in [5.41, 5.74) is 0. The molecule has 30 heavy (non-hydrogen) atoms. The number of unbranched alkanes of at least 4 members (excludes halogenated alkanes) is 16. The maximum absolute atomic E-state index is 12.1. The van der Waals surface area contributed by atoms with Gasteiger partial charge >= 0.3 is 13.8 Å². The second-order valence-corrected chi connectivity index (χ2v) is 9.75. The van der Waals surface area contributed by atoms with E-state index in [0.29, 0.717) is 0 Å². The summed E-state index contributed by atoms with van der Waals surface area (Å²) >= 11 is 0. The van der Waals surface area contributed by atoms with E-state index in [1.54, 1.807) is 13.8 Å². The summed E-state index contributed by atoms with van der Waals surface area (Å²) in [5.74, 6) is -0.499. The van der Waals surface area contributed by atoms with Crippen molar-refractivity contribution in [2.24, 2.45) is 0 Å². The van der Waals surface area contributed by atoms with Gasteiger partial charge in [0.1, 0.15) is 0 Å². The van der Waals surface area contributed by atoms with Crippen LogP contribution in [0.2, 0.25) is 0 Å². The molecular formula is C24H49O5P. The van der Waals surface area contributed by atoms with Gasteiger partial charge in [0.2, 0.25) is 0 Å². The van der Waals surface area contributed by atoms with Crippen LogP contribution in [-0.4, -0.2) is 19.2 Å². The summed E-state index contributed by atoms with van der Waals surface area (Å²) in [6, 6.07) is 0. The number of rotatable bonds is 23. The minimum absolute atomic E-state index is 0.184. The number of hydrogen-bond donors (Lipinski definition) is 0. The molecule has 0 spiro atoms. The van der Waals surface area contributed by atoms with Gasteiger partial charge in [-0.1, -0.05) is 110 Å². The fourth-order valence-electron chi connectivity index (χ4n) is 3.57. The Morgan fingerprint density at radius 3 is 1.23 bits per heavy atom. The third-order valence-electron chi connectivity index (χ3n) is 5.27. The molecule has 0 radical (unpaired) electrons. The van der Waals surface area contributed by atoms with E-state index in [-0.39, 0.29) is 19.6 Å². The van der Waals surface area contributed by atoms with Crippen LogP contribution in [0.15, 0.2) is 0 Å². The van der Waals surface area contributed by atoms with Crippen molar-refractivity contribution in [3.05, 3.63) is 0 Å². The molecule has 0 rings (SSSR count). The molecule has 0 aromatic heterocycles. The first-order valence-electron chi connectivity index (χ1n) is 12.7. The lowest BCUT2D eigenvalue weighted by molar-refractivity contribution is -0.136. The van der Waals surface area contributed by atoms with Crippen molar-refractivity contribution in [2.45, 2.75) is 136 Å². The molecule has 0 N–H and O–H groups in total. The predicted molar refractivity (Wildman–Crippen MR) is 126 cm³/mol. The Morgan fingerprint density at radius 1 is 0.567 bits per heavy atom. The largest absolute Gasteiger partial charge is 0.532 e. The highest BCUT2D eigenvalue weighted by molar-refractivity contribution is 7.49. The Labute approximate surface area is 186 Å². The Bertz CT molecular complexity index is 418. The lowest BCUT2D eigenvalue weighted by atomic mass is 10.0. The highest BCUT2D eigenvalue weighted by atomic mass is 31.2. The summed E-state index contributed by atoms with van der Waals surface area (Å²) in [7, 11) is -3.72. The number of hydrogen-bond acceptors (Lipinski definition) is 5. The normalized spacial score (nSPS) is 11.7. The average molecular weight is 449 g/mol. The van der Waals surface area contributed by atoms with E-state index in [4.69, 9.17) is 13.6 Å². The molecule has 6 heteroatoms. The van der Waals surface area contributed by atoms with Crippen LogP contribution < -0.4 is 0 Å². The van der Waals surface area contributed by atoms with Crippen LogP contribution in [0.25, 0.3) is 0 Å². The lowest BCUT2D eigenvalue weighted by Crippen LogP contribution is -2.07. The molecule has 0 fully saturated rings. The summed E-state index contributed by atoms with van der Waals surface area (Å²) < 4.78 is 27.0. The quantitative estimate of drug-likeness (QED) is 0.115. The standard InChI is InChI=1S/C24H49O5P/c1-4-7-8-9-10-11-12-13-14-15-16-17-18-19-20-21-22-23-24(25)29-30(26,27-5-2)28-6-3/h4-23H2,1-3H3. The summed E-state index contributed by atoms with van der Waals surface area (Å²) in [5, 5.41) is 0. The number of phosphoric acid groups is 1. The SMILES string of the molecule is CCCCCCCCCCCCCCCCCCCC(=O)OP(=O)(OCC)OCC. The van der Waals surface area contributed by atoms with E-state index in [2.05, 4.69) is 6.92 Å².